The average molecular weight is 287 g/mol. The Labute approximate surface area is 99.2 Å². The fraction of sp³-hybridized carbons (Fsp3) is 0.200. The quantitative estimate of drug-likeness (QED) is 0.629. The summed E-state index contributed by atoms with van der Waals surface area (Å²) in [5.41, 5.74) is 0.507. The van der Waals surface area contributed by atoms with Gasteiger partial charge in [0.05, 0.1) is 16.6 Å². The van der Waals surface area contributed by atoms with Gasteiger partial charge in [-0.15, -0.1) is 0 Å². The van der Waals surface area contributed by atoms with Gasteiger partial charge in [-0.25, -0.2) is 9.78 Å². The van der Waals surface area contributed by atoms with Gasteiger partial charge in [0.1, 0.15) is 6.33 Å². The maximum atomic E-state index is 13.6. The first-order chi connectivity index (χ1) is 7.65. The van der Waals surface area contributed by atoms with Gasteiger partial charge in [-0.1, -0.05) is 0 Å². The molecular formula is C10H8BrFN2O2. The van der Waals surface area contributed by atoms with Gasteiger partial charge in [-0.2, -0.15) is 4.39 Å². The molecule has 0 aliphatic rings. The summed E-state index contributed by atoms with van der Waals surface area (Å²) >= 11 is 3.05. The van der Waals surface area contributed by atoms with E-state index in [4.69, 9.17) is 4.74 Å². The van der Waals surface area contributed by atoms with Crippen molar-refractivity contribution in [2.75, 3.05) is 6.61 Å². The number of hydrogen-bond donors (Lipinski definition) is 0. The molecule has 2 aromatic heterocycles. The van der Waals surface area contributed by atoms with E-state index in [0.717, 1.165) is 0 Å². The van der Waals surface area contributed by atoms with Crippen LogP contribution in [0.15, 0.2) is 22.9 Å². The Morgan fingerprint density at radius 3 is 3.06 bits per heavy atom. The molecule has 0 saturated carbocycles. The van der Waals surface area contributed by atoms with Gasteiger partial charge in [0.25, 0.3) is 0 Å². The highest BCUT2D eigenvalue weighted by Gasteiger charge is 2.16. The lowest BCUT2D eigenvalue weighted by Gasteiger charge is -2.01. The van der Waals surface area contributed by atoms with E-state index in [9.17, 15) is 9.18 Å². The van der Waals surface area contributed by atoms with Gasteiger partial charge in [-0.05, 0) is 35.0 Å². The molecule has 0 N–H and O–H groups in total. The smallest absolute Gasteiger partial charge is 0.359 e. The first-order valence-corrected chi connectivity index (χ1v) is 5.42. The number of carbonyl (C=O) groups excluding carboxylic acids is 1. The van der Waals surface area contributed by atoms with Crippen LogP contribution in [0.25, 0.3) is 5.52 Å². The molecule has 0 radical (unpaired) electrons. The molecule has 84 valence electrons. The van der Waals surface area contributed by atoms with Crippen LogP contribution in [0.5, 0.6) is 0 Å². The van der Waals surface area contributed by atoms with Gasteiger partial charge in [-0.3, -0.25) is 4.40 Å². The van der Waals surface area contributed by atoms with Gasteiger partial charge < -0.3 is 4.74 Å². The van der Waals surface area contributed by atoms with Crippen LogP contribution in [0.2, 0.25) is 0 Å². The number of fused-ring (bicyclic) bond motifs is 1. The number of rotatable bonds is 2. The number of esters is 1. The normalized spacial score (nSPS) is 10.7. The predicted molar refractivity (Wildman–Crippen MR) is 58.8 cm³/mol. The molecule has 2 rings (SSSR count). The lowest BCUT2D eigenvalue weighted by atomic mass is 10.3. The summed E-state index contributed by atoms with van der Waals surface area (Å²) in [6.07, 6.45) is 1.25. The largest absolute Gasteiger partial charge is 0.461 e. The minimum absolute atomic E-state index is 0.119. The Hall–Kier alpha value is -1.43. The molecule has 16 heavy (non-hydrogen) atoms. The fourth-order valence-corrected chi connectivity index (χ4v) is 1.69. The Balaban J connectivity index is 2.58. The van der Waals surface area contributed by atoms with Crippen molar-refractivity contribution in [3.63, 3.8) is 0 Å². The number of hydrogen-bond acceptors (Lipinski definition) is 3. The molecule has 0 atom stereocenters. The fourth-order valence-electron chi connectivity index (χ4n) is 1.37. The average Bonchev–Trinajstić information content (AvgIpc) is 2.68. The molecule has 0 unspecified atom stereocenters. The third-order valence-electron chi connectivity index (χ3n) is 2.07. The summed E-state index contributed by atoms with van der Waals surface area (Å²) < 4.78 is 19.9. The lowest BCUT2D eigenvalue weighted by molar-refractivity contribution is 0.0522. The van der Waals surface area contributed by atoms with Crippen LogP contribution < -0.4 is 0 Å². The number of ether oxygens (including phenoxy) is 1. The highest BCUT2D eigenvalue weighted by atomic mass is 79.9. The Kier molecular flexibility index (Phi) is 2.91. The number of nitrogens with zero attached hydrogens (tertiary/aromatic N) is 2. The van der Waals surface area contributed by atoms with Crippen molar-refractivity contribution in [2.45, 2.75) is 6.92 Å². The van der Waals surface area contributed by atoms with E-state index in [1.807, 2.05) is 0 Å². The highest BCUT2D eigenvalue weighted by molar-refractivity contribution is 9.10. The van der Waals surface area contributed by atoms with E-state index in [-0.39, 0.29) is 12.3 Å². The van der Waals surface area contributed by atoms with Crippen molar-refractivity contribution in [3.8, 4) is 0 Å². The van der Waals surface area contributed by atoms with Crippen LogP contribution in [0.3, 0.4) is 0 Å². The van der Waals surface area contributed by atoms with Crippen LogP contribution in [0.1, 0.15) is 17.4 Å². The van der Waals surface area contributed by atoms with E-state index in [2.05, 4.69) is 20.9 Å². The zero-order valence-corrected chi connectivity index (χ0v) is 9.99. The second kappa shape index (κ2) is 4.21. The molecule has 0 aliphatic carbocycles. The summed E-state index contributed by atoms with van der Waals surface area (Å²) in [4.78, 5) is 15.3. The van der Waals surface area contributed by atoms with E-state index < -0.39 is 11.9 Å². The summed E-state index contributed by atoms with van der Waals surface area (Å²) in [6, 6.07) is 3.13. The van der Waals surface area contributed by atoms with Crippen molar-refractivity contribution in [1.82, 2.24) is 9.38 Å². The standard InChI is InChI=1S/C10H8BrFN2O2/c1-2-16-10(15)8-7-4-3-6(11)9(12)14(7)5-13-8/h3-5H,2H2,1H3. The van der Waals surface area contributed by atoms with Gasteiger partial charge in [0.2, 0.25) is 5.95 Å². The first-order valence-electron chi connectivity index (χ1n) is 4.63. The van der Waals surface area contributed by atoms with Crippen molar-refractivity contribution >= 4 is 27.4 Å². The summed E-state index contributed by atoms with van der Waals surface area (Å²) in [5, 5.41) is 0. The predicted octanol–water partition coefficient (Wildman–Crippen LogP) is 2.41. The van der Waals surface area contributed by atoms with Crippen LogP contribution >= 0.6 is 15.9 Å². The molecule has 0 aromatic carbocycles. The molecule has 0 aliphatic heterocycles. The monoisotopic (exact) mass is 286 g/mol. The SMILES string of the molecule is CCOC(=O)c1ncn2c(F)c(Br)ccc12. The molecule has 0 amide bonds. The Morgan fingerprint density at radius 1 is 1.62 bits per heavy atom. The van der Waals surface area contributed by atoms with E-state index >= 15 is 0 Å². The van der Waals surface area contributed by atoms with E-state index in [1.54, 1.807) is 13.0 Å². The van der Waals surface area contributed by atoms with Gasteiger partial charge in [0, 0.05) is 0 Å². The van der Waals surface area contributed by atoms with Crippen LogP contribution in [-0.2, 0) is 4.74 Å². The molecule has 6 heteroatoms. The first kappa shape index (κ1) is 11.1. The minimum Gasteiger partial charge on any atom is -0.461 e. The van der Waals surface area contributed by atoms with Gasteiger partial charge >= 0.3 is 5.97 Å². The third-order valence-corrected chi connectivity index (χ3v) is 2.66. The van der Waals surface area contributed by atoms with Crippen molar-refractivity contribution < 1.29 is 13.9 Å². The second-order valence-corrected chi connectivity index (χ2v) is 3.90. The Morgan fingerprint density at radius 2 is 2.38 bits per heavy atom. The molecular weight excluding hydrogens is 279 g/mol. The number of aromatic nitrogens is 2. The minimum atomic E-state index is -0.549. The van der Waals surface area contributed by atoms with Gasteiger partial charge in [0.15, 0.2) is 5.69 Å². The molecule has 0 bridgehead atoms. The summed E-state index contributed by atoms with van der Waals surface area (Å²) in [7, 11) is 0. The zero-order valence-electron chi connectivity index (χ0n) is 8.41. The maximum absolute atomic E-state index is 13.6. The van der Waals surface area contributed by atoms with Crippen LogP contribution in [0, 0.1) is 5.95 Å². The highest BCUT2D eigenvalue weighted by Crippen LogP contribution is 2.19. The van der Waals surface area contributed by atoms with E-state index in [0.29, 0.717) is 9.99 Å². The maximum Gasteiger partial charge on any atom is 0.359 e. The molecule has 0 fully saturated rings. The summed E-state index contributed by atoms with van der Waals surface area (Å²) in [5.74, 6) is -1.05. The lowest BCUT2D eigenvalue weighted by Crippen LogP contribution is -2.05. The number of imidazole rings is 1. The second-order valence-electron chi connectivity index (χ2n) is 3.04. The molecule has 0 saturated heterocycles. The topological polar surface area (TPSA) is 43.6 Å². The Bertz CT molecular complexity index is 553. The summed E-state index contributed by atoms with van der Waals surface area (Å²) in [6.45, 7) is 1.96. The molecule has 0 spiro atoms. The number of carbonyl (C=O) groups is 1. The number of halogens is 2. The number of pyridine rings is 1. The van der Waals surface area contributed by atoms with Crippen molar-refractivity contribution in [1.29, 1.82) is 0 Å². The third kappa shape index (κ3) is 1.69. The van der Waals surface area contributed by atoms with Crippen molar-refractivity contribution in [3.05, 3.63) is 34.6 Å². The molecule has 2 aromatic rings. The van der Waals surface area contributed by atoms with E-state index in [1.165, 1.54) is 16.8 Å². The molecule has 2 heterocycles. The zero-order chi connectivity index (χ0) is 11.7. The van der Waals surface area contributed by atoms with Crippen LogP contribution in [-0.4, -0.2) is 22.0 Å². The van der Waals surface area contributed by atoms with Crippen LogP contribution in [0.4, 0.5) is 4.39 Å². The van der Waals surface area contributed by atoms with Crippen molar-refractivity contribution in [2.24, 2.45) is 0 Å². The molecule has 4 nitrogen and oxygen atoms in total.